The topological polar surface area (TPSA) is 39.4 Å². The molecular formula is C13H10O3. The van der Waals surface area contributed by atoms with Gasteiger partial charge >= 0.3 is 5.97 Å². The lowest BCUT2D eigenvalue weighted by atomic mass is 10.3. The predicted molar refractivity (Wildman–Crippen MR) is 59.8 cm³/mol. The molecule has 0 fully saturated rings. The molecule has 3 heteroatoms. The van der Waals surface area contributed by atoms with E-state index in [1.54, 1.807) is 48.7 Å². The molecule has 3 nitrogen and oxygen atoms in total. The van der Waals surface area contributed by atoms with Crippen molar-refractivity contribution in [2.24, 2.45) is 0 Å². The molecule has 2 rings (SSSR count). The molecule has 0 atom stereocenters. The molecule has 1 aromatic carbocycles. The van der Waals surface area contributed by atoms with Crippen LogP contribution in [0.15, 0.2) is 59.2 Å². The lowest BCUT2D eigenvalue weighted by molar-refractivity contribution is -0.128. The molecule has 1 heterocycles. The van der Waals surface area contributed by atoms with Crippen molar-refractivity contribution in [2.75, 3.05) is 0 Å². The molecule has 0 spiro atoms. The van der Waals surface area contributed by atoms with Crippen molar-refractivity contribution in [1.82, 2.24) is 0 Å². The van der Waals surface area contributed by atoms with Crippen molar-refractivity contribution in [3.63, 3.8) is 0 Å². The zero-order valence-corrected chi connectivity index (χ0v) is 8.50. The molecule has 0 N–H and O–H groups in total. The third kappa shape index (κ3) is 2.85. The van der Waals surface area contributed by atoms with Crippen molar-refractivity contribution in [3.05, 3.63) is 60.6 Å². The van der Waals surface area contributed by atoms with Crippen molar-refractivity contribution in [1.29, 1.82) is 0 Å². The Bertz CT molecular complexity index is 469. The van der Waals surface area contributed by atoms with Gasteiger partial charge in [-0.1, -0.05) is 18.2 Å². The van der Waals surface area contributed by atoms with E-state index < -0.39 is 5.97 Å². The smallest absolute Gasteiger partial charge is 0.336 e. The van der Waals surface area contributed by atoms with Crippen LogP contribution >= 0.6 is 0 Å². The molecule has 0 unspecified atom stereocenters. The first kappa shape index (κ1) is 10.2. The standard InChI is InChI=1S/C13H10O3/c14-13(9-8-11-7-4-10-15-11)16-12-5-2-1-3-6-12/h1-10H/b9-8+. The second kappa shape index (κ2) is 4.98. The van der Waals surface area contributed by atoms with Crippen LogP contribution in [0.2, 0.25) is 0 Å². The number of furan rings is 1. The van der Waals surface area contributed by atoms with E-state index in [-0.39, 0.29) is 0 Å². The molecule has 1 aromatic heterocycles. The number of carbonyl (C=O) groups excluding carboxylic acids is 1. The van der Waals surface area contributed by atoms with E-state index in [0.29, 0.717) is 11.5 Å². The second-order valence-electron chi connectivity index (χ2n) is 3.08. The van der Waals surface area contributed by atoms with Gasteiger partial charge in [0.05, 0.1) is 6.26 Å². The Morgan fingerprint density at radius 2 is 1.94 bits per heavy atom. The number of para-hydroxylation sites is 1. The van der Waals surface area contributed by atoms with Gasteiger partial charge in [-0.25, -0.2) is 4.79 Å². The maximum atomic E-state index is 11.4. The number of benzene rings is 1. The van der Waals surface area contributed by atoms with Gasteiger partial charge in [-0.15, -0.1) is 0 Å². The fourth-order valence-electron chi connectivity index (χ4n) is 1.17. The SMILES string of the molecule is O=C(/C=C/c1ccco1)Oc1ccccc1. The van der Waals surface area contributed by atoms with Crippen LogP contribution in [0.4, 0.5) is 0 Å². The van der Waals surface area contributed by atoms with E-state index in [0.717, 1.165) is 0 Å². The molecular weight excluding hydrogens is 204 g/mol. The van der Waals surface area contributed by atoms with E-state index in [2.05, 4.69) is 0 Å². The highest BCUT2D eigenvalue weighted by Gasteiger charge is 1.99. The summed E-state index contributed by atoms with van der Waals surface area (Å²) in [5.41, 5.74) is 0. The van der Waals surface area contributed by atoms with Gasteiger partial charge in [-0.05, 0) is 30.3 Å². The molecule has 0 saturated carbocycles. The summed E-state index contributed by atoms with van der Waals surface area (Å²) in [5, 5.41) is 0. The van der Waals surface area contributed by atoms with E-state index in [1.165, 1.54) is 6.08 Å². The Hall–Kier alpha value is -2.29. The van der Waals surface area contributed by atoms with Gasteiger partial charge in [-0.3, -0.25) is 0 Å². The molecule has 2 aromatic rings. The summed E-state index contributed by atoms with van der Waals surface area (Å²) in [4.78, 5) is 11.4. The summed E-state index contributed by atoms with van der Waals surface area (Å²) in [6.07, 6.45) is 4.43. The summed E-state index contributed by atoms with van der Waals surface area (Å²) in [6.45, 7) is 0. The third-order valence-corrected chi connectivity index (χ3v) is 1.89. The van der Waals surface area contributed by atoms with Gasteiger partial charge in [0.1, 0.15) is 11.5 Å². The van der Waals surface area contributed by atoms with Crippen LogP contribution in [-0.2, 0) is 4.79 Å². The Morgan fingerprint density at radius 3 is 2.62 bits per heavy atom. The van der Waals surface area contributed by atoms with Crippen molar-refractivity contribution >= 4 is 12.0 Å². The lowest BCUT2D eigenvalue weighted by Gasteiger charge is -1.98. The Labute approximate surface area is 93.0 Å². The minimum absolute atomic E-state index is 0.428. The maximum Gasteiger partial charge on any atom is 0.336 e. The van der Waals surface area contributed by atoms with Crippen LogP contribution in [0, 0.1) is 0 Å². The van der Waals surface area contributed by atoms with Gasteiger partial charge in [0, 0.05) is 6.08 Å². The highest BCUT2D eigenvalue weighted by molar-refractivity contribution is 5.88. The van der Waals surface area contributed by atoms with Crippen LogP contribution < -0.4 is 4.74 Å². The molecule has 0 bridgehead atoms. The van der Waals surface area contributed by atoms with Crippen LogP contribution in [0.1, 0.15) is 5.76 Å². The summed E-state index contributed by atoms with van der Waals surface area (Å²) in [7, 11) is 0. The number of esters is 1. The minimum Gasteiger partial charge on any atom is -0.465 e. The van der Waals surface area contributed by atoms with Crippen LogP contribution in [0.5, 0.6) is 5.75 Å². The molecule has 80 valence electrons. The average molecular weight is 214 g/mol. The van der Waals surface area contributed by atoms with Crippen LogP contribution in [-0.4, -0.2) is 5.97 Å². The minimum atomic E-state index is -0.428. The number of ether oxygens (including phenoxy) is 1. The fraction of sp³-hybridized carbons (Fsp3) is 0. The van der Waals surface area contributed by atoms with E-state index in [4.69, 9.17) is 9.15 Å². The number of hydrogen-bond donors (Lipinski definition) is 0. The van der Waals surface area contributed by atoms with E-state index in [9.17, 15) is 4.79 Å². The quantitative estimate of drug-likeness (QED) is 0.448. The Kier molecular flexibility index (Phi) is 3.18. The van der Waals surface area contributed by atoms with Crippen molar-refractivity contribution < 1.29 is 13.9 Å². The first-order chi connectivity index (χ1) is 7.84. The number of rotatable bonds is 3. The zero-order valence-electron chi connectivity index (χ0n) is 8.50. The zero-order chi connectivity index (χ0) is 11.2. The summed E-state index contributed by atoms with van der Waals surface area (Å²) in [5.74, 6) is 0.712. The van der Waals surface area contributed by atoms with E-state index in [1.807, 2.05) is 6.07 Å². The lowest BCUT2D eigenvalue weighted by Crippen LogP contribution is -2.03. The second-order valence-corrected chi connectivity index (χ2v) is 3.08. The fourth-order valence-corrected chi connectivity index (χ4v) is 1.17. The van der Waals surface area contributed by atoms with Crippen molar-refractivity contribution in [3.8, 4) is 5.75 Å². The van der Waals surface area contributed by atoms with Crippen LogP contribution in [0.25, 0.3) is 6.08 Å². The third-order valence-electron chi connectivity index (χ3n) is 1.89. The van der Waals surface area contributed by atoms with Gasteiger partial charge in [0.2, 0.25) is 0 Å². The van der Waals surface area contributed by atoms with Crippen LogP contribution in [0.3, 0.4) is 0 Å². The predicted octanol–water partition coefficient (Wildman–Crippen LogP) is 2.90. The Morgan fingerprint density at radius 1 is 1.12 bits per heavy atom. The van der Waals surface area contributed by atoms with Gasteiger partial charge < -0.3 is 9.15 Å². The summed E-state index contributed by atoms with van der Waals surface area (Å²) in [6, 6.07) is 12.4. The monoisotopic (exact) mass is 214 g/mol. The highest BCUT2D eigenvalue weighted by atomic mass is 16.5. The van der Waals surface area contributed by atoms with Crippen molar-refractivity contribution in [2.45, 2.75) is 0 Å². The highest BCUT2D eigenvalue weighted by Crippen LogP contribution is 2.09. The molecule has 0 aliphatic rings. The molecule has 0 saturated heterocycles. The first-order valence-corrected chi connectivity index (χ1v) is 4.83. The van der Waals surface area contributed by atoms with Gasteiger partial charge in [0.15, 0.2) is 0 Å². The Balaban J connectivity index is 1.95. The first-order valence-electron chi connectivity index (χ1n) is 4.83. The average Bonchev–Trinajstić information content (AvgIpc) is 2.81. The number of carbonyl (C=O) groups is 1. The summed E-state index contributed by atoms with van der Waals surface area (Å²) >= 11 is 0. The normalized spacial score (nSPS) is 10.5. The summed E-state index contributed by atoms with van der Waals surface area (Å²) < 4.78 is 10.1. The van der Waals surface area contributed by atoms with Gasteiger partial charge in [0.25, 0.3) is 0 Å². The molecule has 0 radical (unpaired) electrons. The van der Waals surface area contributed by atoms with E-state index >= 15 is 0 Å². The maximum absolute atomic E-state index is 11.4. The molecule has 0 aliphatic heterocycles. The molecule has 0 aliphatic carbocycles. The number of hydrogen-bond acceptors (Lipinski definition) is 3. The molecule has 16 heavy (non-hydrogen) atoms. The molecule has 0 amide bonds. The largest absolute Gasteiger partial charge is 0.465 e. The van der Waals surface area contributed by atoms with Gasteiger partial charge in [-0.2, -0.15) is 0 Å².